The van der Waals surface area contributed by atoms with Crippen LogP contribution in [0.15, 0.2) is 4.99 Å². The van der Waals surface area contributed by atoms with Crippen LogP contribution < -0.4 is 0 Å². The molecule has 5 radical (unpaired) electrons. The molecule has 0 aromatic carbocycles. The zero-order chi connectivity index (χ0) is 11.8. The van der Waals surface area contributed by atoms with Crippen molar-refractivity contribution in [1.82, 2.24) is 0 Å². The maximum atomic E-state index is 10.8. The van der Waals surface area contributed by atoms with Crippen molar-refractivity contribution in [1.29, 1.82) is 0 Å². The van der Waals surface area contributed by atoms with Crippen molar-refractivity contribution in [3.63, 3.8) is 0 Å². The number of nitrogens with zero attached hydrogens (tertiary/aromatic N) is 1. The van der Waals surface area contributed by atoms with Gasteiger partial charge in [-0.2, -0.15) is 0 Å². The molecule has 2 rings (SSSR count). The lowest BCUT2D eigenvalue weighted by Gasteiger charge is -2.21. The molecular formula is C13H16NO2. The molecule has 1 fully saturated rings. The molecule has 1 saturated carbocycles. The highest BCUT2D eigenvalue weighted by molar-refractivity contribution is 6.05. The molecule has 0 N–H and O–H groups in total. The summed E-state index contributed by atoms with van der Waals surface area (Å²) in [6.45, 7) is 7.01. The molecule has 1 aliphatic carbocycles. The Kier molecular flexibility index (Phi) is 3.04. The van der Waals surface area contributed by atoms with E-state index in [1.165, 1.54) is 0 Å². The minimum Gasteiger partial charge on any atom is -0.478 e. The Morgan fingerprint density at radius 2 is 2.19 bits per heavy atom. The van der Waals surface area contributed by atoms with E-state index in [1.807, 2.05) is 12.8 Å². The molecular weight excluding hydrogens is 202 g/mol. The Morgan fingerprint density at radius 1 is 1.44 bits per heavy atom. The average molecular weight is 218 g/mol. The molecule has 0 amide bonds. The maximum absolute atomic E-state index is 10.8. The summed E-state index contributed by atoms with van der Waals surface area (Å²) in [6, 6.07) is 0.164. The van der Waals surface area contributed by atoms with Crippen LogP contribution in [0.4, 0.5) is 0 Å². The van der Waals surface area contributed by atoms with Crippen molar-refractivity contribution in [2.24, 2.45) is 10.4 Å². The van der Waals surface area contributed by atoms with Crippen LogP contribution in [0, 0.1) is 36.5 Å². The molecule has 1 aliphatic heterocycles. The van der Waals surface area contributed by atoms with Gasteiger partial charge in [-0.1, -0.05) is 20.8 Å². The Bertz CT molecular complexity index is 304. The van der Waals surface area contributed by atoms with Gasteiger partial charge in [0.1, 0.15) is 12.9 Å². The maximum Gasteiger partial charge on any atom is 0.192 e. The molecule has 1 atom stereocenters. The third kappa shape index (κ3) is 2.13. The Balaban J connectivity index is 2.09. The largest absolute Gasteiger partial charge is 0.478 e. The number of hydrogen-bond acceptors (Lipinski definition) is 3. The number of hydrogen-bond donors (Lipinski definition) is 0. The van der Waals surface area contributed by atoms with Crippen LogP contribution in [0.1, 0.15) is 20.8 Å². The van der Waals surface area contributed by atoms with Gasteiger partial charge in [0, 0.05) is 0 Å². The van der Waals surface area contributed by atoms with E-state index in [-0.39, 0.29) is 11.5 Å². The highest BCUT2D eigenvalue weighted by Crippen LogP contribution is 2.36. The quantitative estimate of drug-likeness (QED) is 0.663. The van der Waals surface area contributed by atoms with E-state index < -0.39 is 0 Å². The molecule has 0 bridgehead atoms. The number of aldehydes is 1. The Labute approximate surface area is 97.3 Å². The SMILES string of the molecule is CC(C)(C)[C@H]1COC([C]2[CH][CH][CH][C]2C=O)=N1. The second-order valence-corrected chi connectivity index (χ2v) is 5.14. The van der Waals surface area contributed by atoms with Gasteiger partial charge in [-0.05, 0) is 24.7 Å². The number of carbonyl (C=O) groups excluding carboxylic acids is 1. The second kappa shape index (κ2) is 4.19. The van der Waals surface area contributed by atoms with Crippen molar-refractivity contribution in [2.75, 3.05) is 6.61 Å². The molecule has 0 aromatic heterocycles. The summed E-state index contributed by atoms with van der Waals surface area (Å²) >= 11 is 0. The molecule has 0 aromatic rings. The summed E-state index contributed by atoms with van der Waals surface area (Å²) in [7, 11) is 0. The van der Waals surface area contributed by atoms with Crippen LogP contribution in [0.5, 0.6) is 0 Å². The average Bonchev–Trinajstić information content (AvgIpc) is 2.84. The fourth-order valence-corrected chi connectivity index (χ4v) is 1.70. The number of carbonyl (C=O) groups is 1. The van der Waals surface area contributed by atoms with Crippen molar-refractivity contribution in [2.45, 2.75) is 26.8 Å². The lowest BCUT2D eigenvalue weighted by Crippen LogP contribution is -2.25. The number of ether oxygens (including phenoxy) is 1. The summed E-state index contributed by atoms with van der Waals surface area (Å²) in [5, 5.41) is 0. The molecule has 2 aliphatic rings. The van der Waals surface area contributed by atoms with E-state index >= 15 is 0 Å². The molecule has 3 heteroatoms. The topological polar surface area (TPSA) is 38.7 Å². The Hall–Kier alpha value is -0.860. The molecule has 0 saturated heterocycles. The molecule has 3 nitrogen and oxygen atoms in total. The van der Waals surface area contributed by atoms with E-state index in [0.29, 0.717) is 18.4 Å². The van der Waals surface area contributed by atoms with Crippen LogP contribution >= 0.6 is 0 Å². The van der Waals surface area contributed by atoms with Gasteiger partial charge in [0.05, 0.1) is 17.9 Å². The summed E-state index contributed by atoms with van der Waals surface area (Å²) in [5.74, 6) is 2.06. The van der Waals surface area contributed by atoms with E-state index in [1.54, 1.807) is 6.42 Å². The Morgan fingerprint density at radius 3 is 2.75 bits per heavy atom. The van der Waals surface area contributed by atoms with Crippen LogP contribution in [0.2, 0.25) is 0 Å². The number of aliphatic imine (C=N–C) groups is 1. The normalized spacial score (nSPS) is 27.9. The van der Waals surface area contributed by atoms with Crippen molar-refractivity contribution in [3.05, 3.63) is 31.1 Å². The summed E-state index contributed by atoms with van der Waals surface area (Å²) in [4.78, 5) is 15.4. The van der Waals surface area contributed by atoms with Crippen molar-refractivity contribution >= 4 is 12.2 Å². The smallest absolute Gasteiger partial charge is 0.192 e. The third-order valence-electron chi connectivity index (χ3n) is 2.86. The second-order valence-electron chi connectivity index (χ2n) is 5.14. The van der Waals surface area contributed by atoms with Gasteiger partial charge in [0.2, 0.25) is 0 Å². The standard InChI is InChI=1S/C13H16NO2/c1-13(2,3)11-8-16-12(14-11)10-6-4-5-9(10)7-15/h4-7,11H,8H2,1-3H3/t11-/m1/s1. The zero-order valence-electron chi connectivity index (χ0n) is 9.86. The van der Waals surface area contributed by atoms with Crippen LogP contribution in [0.25, 0.3) is 0 Å². The van der Waals surface area contributed by atoms with Crippen LogP contribution in [-0.4, -0.2) is 24.8 Å². The fourth-order valence-electron chi connectivity index (χ4n) is 1.70. The first-order valence-corrected chi connectivity index (χ1v) is 5.44. The summed E-state index contributed by atoms with van der Waals surface area (Å²) in [5.41, 5.74) is 0.0929. The fraction of sp³-hybridized carbons (Fsp3) is 0.462. The first-order chi connectivity index (χ1) is 7.52. The lowest BCUT2D eigenvalue weighted by atomic mass is 9.88. The van der Waals surface area contributed by atoms with Gasteiger partial charge in [-0.3, -0.25) is 0 Å². The van der Waals surface area contributed by atoms with Gasteiger partial charge < -0.3 is 9.53 Å². The van der Waals surface area contributed by atoms with Gasteiger partial charge in [-0.15, -0.1) is 0 Å². The highest BCUT2D eigenvalue weighted by Gasteiger charge is 2.39. The summed E-state index contributed by atoms with van der Waals surface area (Å²) in [6.07, 6.45) is 6.33. The highest BCUT2D eigenvalue weighted by atomic mass is 16.5. The summed E-state index contributed by atoms with van der Waals surface area (Å²) < 4.78 is 5.57. The van der Waals surface area contributed by atoms with Gasteiger partial charge in [0.15, 0.2) is 5.90 Å². The third-order valence-corrected chi connectivity index (χ3v) is 2.86. The molecule has 85 valence electrons. The van der Waals surface area contributed by atoms with Gasteiger partial charge in [0.25, 0.3) is 0 Å². The number of rotatable bonds is 2. The predicted molar refractivity (Wildman–Crippen MR) is 62.1 cm³/mol. The predicted octanol–water partition coefficient (Wildman–Crippen LogP) is 1.80. The first kappa shape index (κ1) is 11.6. The molecule has 0 spiro atoms. The minimum atomic E-state index is 0.0929. The van der Waals surface area contributed by atoms with Crippen LogP contribution in [0.3, 0.4) is 0 Å². The first-order valence-electron chi connectivity index (χ1n) is 5.44. The van der Waals surface area contributed by atoms with Gasteiger partial charge in [-0.25, -0.2) is 4.99 Å². The van der Waals surface area contributed by atoms with E-state index in [4.69, 9.17) is 4.74 Å². The minimum absolute atomic E-state index is 0.0929. The van der Waals surface area contributed by atoms with E-state index in [0.717, 1.165) is 12.2 Å². The molecule has 1 heterocycles. The lowest BCUT2D eigenvalue weighted by molar-refractivity contribution is -0.105. The van der Waals surface area contributed by atoms with Crippen LogP contribution in [-0.2, 0) is 9.53 Å². The van der Waals surface area contributed by atoms with E-state index in [2.05, 4.69) is 25.8 Å². The monoisotopic (exact) mass is 218 g/mol. The molecule has 16 heavy (non-hydrogen) atoms. The van der Waals surface area contributed by atoms with Gasteiger partial charge >= 0.3 is 0 Å². The van der Waals surface area contributed by atoms with Crippen molar-refractivity contribution < 1.29 is 9.53 Å². The van der Waals surface area contributed by atoms with E-state index in [9.17, 15) is 4.79 Å². The van der Waals surface area contributed by atoms with Crippen molar-refractivity contribution in [3.8, 4) is 0 Å². The molecule has 0 unspecified atom stereocenters. The zero-order valence-corrected chi connectivity index (χ0v) is 9.86.